The second-order valence-electron chi connectivity index (χ2n) is 2.97. The first kappa shape index (κ1) is 10.3. The zero-order chi connectivity index (χ0) is 9.68. The summed E-state index contributed by atoms with van der Waals surface area (Å²) >= 11 is 3.39. The van der Waals surface area contributed by atoms with Crippen LogP contribution < -0.4 is 0 Å². The third-order valence-corrected chi connectivity index (χ3v) is 2.06. The second kappa shape index (κ2) is 5.03. The van der Waals surface area contributed by atoms with Crippen LogP contribution in [0.5, 0.6) is 0 Å². The Balaban J connectivity index is 2.86. The summed E-state index contributed by atoms with van der Waals surface area (Å²) in [6.07, 6.45) is 4.17. The largest absolute Gasteiger partial charge is 0.0622 e. The first-order valence-corrected chi connectivity index (χ1v) is 5.05. The maximum atomic E-state index is 3.39. The highest BCUT2D eigenvalue weighted by atomic mass is 79.9. The predicted octanol–water partition coefficient (Wildman–Crippen LogP) is 4.39. The average Bonchev–Trinajstić information content (AvgIpc) is 2.15. The van der Waals surface area contributed by atoms with Crippen molar-refractivity contribution in [3.63, 3.8) is 0 Å². The van der Waals surface area contributed by atoms with Gasteiger partial charge >= 0.3 is 0 Å². The van der Waals surface area contributed by atoms with E-state index < -0.39 is 0 Å². The fraction of sp³-hybridized carbons (Fsp3) is 0.167. The minimum atomic E-state index is 1.14. The molecule has 0 unspecified atom stereocenters. The van der Waals surface area contributed by atoms with Gasteiger partial charge in [0.1, 0.15) is 0 Å². The van der Waals surface area contributed by atoms with Crippen molar-refractivity contribution in [2.75, 3.05) is 0 Å². The number of hydrogen-bond acceptors (Lipinski definition) is 0. The summed E-state index contributed by atoms with van der Waals surface area (Å²) in [6.45, 7) is 4.14. The van der Waals surface area contributed by atoms with E-state index in [1.165, 1.54) is 11.1 Å². The second-order valence-corrected chi connectivity index (χ2v) is 4.22. The van der Waals surface area contributed by atoms with Crippen LogP contribution in [0.2, 0.25) is 0 Å². The Bertz CT molecular complexity index is 316. The zero-order valence-corrected chi connectivity index (χ0v) is 9.51. The van der Waals surface area contributed by atoms with Crippen molar-refractivity contribution >= 4 is 21.5 Å². The molecule has 0 heterocycles. The van der Waals surface area contributed by atoms with E-state index in [-0.39, 0.29) is 0 Å². The smallest absolute Gasteiger partial charge is 0.00803 e. The maximum Gasteiger partial charge on any atom is -0.00803 e. The van der Waals surface area contributed by atoms with Gasteiger partial charge in [0.15, 0.2) is 0 Å². The molecule has 0 bridgehead atoms. The molecule has 1 aromatic carbocycles. The molecular weight excluding hydrogens is 224 g/mol. The van der Waals surface area contributed by atoms with Crippen molar-refractivity contribution in [1.82, 2.24) is 0 Å². The van der Waals surface area contributed by atoms with Crippen LogP contribution in [0, 0.1) is 0 Å². The summed E-state index contributed by atoms with van der Waals surface area (Å²) in [6, 6.07) is 10.4. The highest BCUT2D eigenvalue weighted by Gasteiger charge is 1.90. The Morgan fingerprint density at radius 2 is 1.69 bits per heavy atom. The average molecular weight is 237 g/mol. The van der Waals surface area contributed by atoms with E-state index in [0.29, 0.717) is 0 Å². The number of hydrogen-bond donors (Lipinski definition) is 0. The number of rotatable bonds is 2. The summed E-state index contributed by atoms with van der Waals surface area (Å²) in [7, 11) is 0. The lowest BCUT2D eigenvalue weighted by atomic mass is 10.1. The van der Waals surface area contributed by atoms with Gasteiger partial charge in [0.05, 0.1) is 0 Å². The first-order valence-electron chi connectivity index (χ1n) is 4.26. The van der Waals surface area contributed by atoms with Gasteiger partial charge in [-0.1, -0.05) is 58.4 Å². The zero-order valence-electron chi connectivity index (χ0n) is 7.92. The highest BCUT2D eigenvalue weighted by Crippen LogP contribution is 2.14. The SMILES string of the molecule is C/C(Br)=C\C=C(/C)c1ccccc1. The fourth-order valence-electron chi connectivity index (χ4n) is 1.04. The molecule has 0 aromatic heterocycles. The fourth-order valence-corrected chi connectivity index (χ4v) is 1.17. The Labute approximate surface area is 88.1 Å². The summed E-state index contributed by atoms with van der Waals surface area (Å²) < 4.78 is 1.14. The third-order valence-electron chi connectivity index (χ3n) is 1.79. The van der Waals surface area contributed by atoms with Gasteiger partial charge in [-0.3, -0.25) is 0 Å². The van der Waals surface area contributed by atoms with Gasteiger partial charge in [0, 0.05) is 0 Å². The predicted molar refractivity (Wildman–Crippen MR) is 62.8 cm³/mol. The van der Waals surface area contributed by atoms with Crippen LogP contribution in [-0.4, -0.2) is 0 Å². The Morgan fingerprint density at radius 1 is 1.08 bits per heavy atom. The van der Waals surface area contributed by atoms with Crippen LogP contribution >= 0.6 is 15.9 Å². The molecule has 0 aliphatic heterocycles. The van der Waals surface area contributed by atoms with Crippen molar-refractivity contribution in [3.8, 4) is 0 Å². The van der Waals surface area contributed by atoms with Gasteiger partial charge in [-0.05, 0) is 29.5 Å². The van der Waals surface area contributed by atoms with Gasteiger partial charge in [-0.25, -0.2) is 0 Å². The Kier molecular flexibility index (Phi) is 3.97. The molecule has 68 valence electrons. The molecule has 1 heteroatoms. The minimum Gasteiger partial charge on any atom is -0.0622 e. The monoisotopic (exact) mass is 236 g/mol. The molecule has 0 aliphatic rings. The molecule has 0 saturated carbocycles. The molecule has 1 rings (SSSR count). The van der Waals surface area contributed by atoms with Gasteiger partial charge in [-0.15, -0.1) is 0 Å². The standard InChI is InChI=1S/C12H13Br/c1-10(8-9-11(2)13)12-6-4-3-5-7-12/h3-9H,1-2H3/b10-8+,11-9+. The first-order chi connectivity index (χ1) is 6.20. The number of halogens is 1. The van der Waals surface area contributed by atoms with E-state index in [9.17, 15) is 0 Å². The molecule has 13 heavy (non-hydrogen) atoms. The lowest BCUT2D eigenvalue weighted by molar-refractivity contribution is 1.56. The normalized spacial score (nSPS) is 13.2. The van der Waals surface area contributed by atoms with Crippen molar-refractivity contribution in [3.05, 3.63) is 52.5 Å². The summed E-state index contributed by atoms with van der Waals surface area (Å²) in [4.78, 5) is 0. The summed E-state index contributed by atoms with van der Waals surface area (Å²) in [5, 5.41) is 0. The molecule has 0 aliphatic carbocycles. The summed E-state index contributed by atoms with van der Waals surface area (Å²) in [5.74, 6) is 0. The van der Waals surface area contributed by atoms with Gasteiger partial charge in [0.25, 0.3) is 0 Å². The lowest BCUT2D eigenvalue weighted by Crippen LogP contribution is -1.76. The van der Waals surface area contributed by atoms with Crippen LogP contribution in [0.1, 0.15) is 19.4 Å². The van der Waals surface area contributed by atoms with Crippen molar-refractivity contribution in [2.45, 2.75) is 13.8 Å². The van der Waals surface area contributed by atoms with E-state index in [1.54, 1.807) is 0 Å². The van der Waals surface area contributed by atoms with Gasteiger partial charge in [0.2, 0.25) is 0 Å². The van der Waals surface area contributed by atoms with E-state index >= 15 is 0 Å². The van der Waals surface area contributed by atoms with Crippen molar-refractivity contribution < 1.29 is 0 Å². The molecule has 0 atom stereocenters. The number of allylic oxidation sites excluding steroid dienone is 4. The van der Waals surface area contributed by atoms with Gasteiger partial charge in [-0.2, -0.15) is 0 Å². The molecule has 0 amide bonds. The van der Waals surface area contributed by atoms with E-state index in [2.05, 4.69) is 59.3 Å². The molecule has 0 saturated heterocycles. The highest BCUT2D eigenvalue weighted by molar-refractivity contribution is 9.11. The van der Waals surface area contributed by atoms with Gasteiger partial charge < -0.3 is 0 Å². The van der Waals surface area contributed by atoms with E-state index in [0.717, 1.165) is 4.48 Å². The Hall–Kier alpha value is -0.820. The molecule has 0 N–H and O–H groups in total. The molecule has 0 radical (unpaired) electrons. The van der Waals surface area contributed by atoms with Crippen LogP contribution in [-0.2, 0) is 0 Å². The van der Waals surface area contributed by atoms with E-state index in [1.807, 2.05) is 13.0 Å². The van der Waals surface area contributed by atoms with Crippen LogP contribution in [0.4, 0.5) is 0 Å². The van der Waals surface area contributed by atoms with Crippen LogP contribution in [0.3, 0.4) is 0 Å². The van der Waals surface area contributed by atoms with E-state index in [4.69, 9.17) is 0 Å². The molecule has 0 fully saturated rings. The van der Waals surface area contributed by atoms with Crippen molar-refractivity contribution in [1.29, 1.82) is 0 Å². The molecular formula is C12H13Br. The third kappa shape index (κ3) is 3.60. The quantitative estimate of drug-likeness (QED) is 0.669. The minimum absolute atomic E-state index is 1.14. The molecule has 0 spiro atoms. The van der Waals surface area contributed by atoms with Crippen molar-refractivity contribution in [2.24, 2.45) is 0 Å². The topological polar surface area (TPSA) is 0 Å². The Morgan fingerprint density at radius 3 is 2.23 bits per heavy atom. The molecule has 1 aromatic rings. The van der Waals surface area contributed by atoms with Crippen LogP contribution in [0.25, 0.3) is 5.57 Å². The van der Waals surface area contributed by atoms with Crippen LogP contribution in [0.15, 0.2) is 47.0 Å². The maximum absolute atomic E-state index is 3.39. The number of benzene rings is 1. The lowest BCUT2D eigenvalue weighted by Gasteiger charge is -1.98. The summed E-state index contributed by atoms with van der Waals surface area (Å²) in [5.41, 5.74) is 2.55. The molecule has 0 nitrogen and oxygen atoms in total.